The first-order valence-corrected chi connectivity index (χ1v) is 24.7. The summed E-state index contributed by atoms with van der Waals surface area (Å²) in [5, 5.41) is 6.96. The molecule has 0 atom stereocenters. The van der Waals surface area contributed by atoms with E-state index in [1.54, 1.807) is 0 Å². The van der Waals surface area contributed by atoms with E-state index in [9.17, 15) is 0 Å². The largest absolute Gasteiger partial charge is 0.456 e. The highest BCUT2D eigenvalue weighted by Gasteiger charge is 2.23. The highest BCUT2D eigenvalue weighted by atomic mass is 16.3. The third kappa shape index (κ3) is 8.19. The van der Waals surface area contributed by atoms with Crippen LogP contribution < -0.4 is 9.80 Å². The van der Waals surface area contributed by atoms with E-state index in [1.165, 1.54) is 100 Å². The Morgan fingerprint density at radius 3 is 0.776 bits per heavy atom. The molecule has 342 valence electrons. The molecule has 0 fully saturated rings. The lowest BCUT2D eigenvalue weighted by molar-refractivity contribution is 0.670. The molecule has 0 N–H and O–H groups in total. The van der Waals surface area contributed by atoms with Gasteiger partial charge >= 0.3 is 0 Å². The van der Waals surface area contributed by atoms with Crippen LogP contribution >= 0.6 is 0 Å². The van der Waals surface area contributed by atoms with Crippen molar-refractivity contribution in [1.82, 2.24) is 0 Å². The highest BCUT2D eigenvalue weighted by molar-refractivity contribution is 6.14. The second kappa shape index (κ2) is 17.4. The molecule has 0 aliphatic rings. The number of fused-ring (bicyclic) bond motifs is 5. The minimum absolute atomic E-state index is 0.459. The maximum atomic E-state index is 6.85. The van der Waals surface area contributed by atoms with E-state index in [0.29, 0.717) is 23.7 Å². The Hall–Kier alpha value is -6.32. The predicted octanol–water partition coefficient (Wildman–Crippen LogP) is 19.8. The molecule has 1 heterocycles. The summed E-state index contributed by atoms with van der Waals surface area (Å²) in [6.45, 7) is 36.5. The summed E-state index contributed by atoms with van der Waals surface area (Å²) in [5.41, 5.74) is 25.1. The molecule has 3 heteroatoms. The predicted molar refractivity (Wildman–Crippen MR) is 292 cm³/mol. The summed E-state index contributed by atoms with van der Waals surface area (Å²) in [7, 11) is 0. The maximum absolute atomic E-state index is 6.85. The molecular weight excluding hydrogens is 813 g/mol. The fourth-order valence-electron chi connectivity index (χ4n) is 12.4. The molecule has 0 radical (unpaired) electrons. The molecule has 9 rings (SSSR count). The molecule has 0 unspecified atom stereocenters. The van der Waals surface area contributed by atoms with Gasteiger partial charge in [0.15, 0.2) is 0 Å². The summed E-state index contributed by atoms with van der Waals surface area (Å²) in [6.07, 6.45) is 0. The van der Waals surface area contributed by atoms with Crippen LogP contribution in [-0.4, -0.2) is 0 Å². The lowest BCUT2D eigenvalue weighted by Gasteiger charge is -2.29. The van der Waals surface area contributed by atoms with Gasteiger partial charge in [0, 0.05) is 44.9 Å². The number of hydrogen-bond acceptors (Lipinski definition) is 3. The lowest BCUT2D eigenvalue weighted by Crippen LogP contribution is -2.13. The van der Waals surface area contributed by atoms with Crippen molar-refractivity contribution in [3.8, 4) is 0 Å². The fourth-order valence-corrected chi connectivity index (χ4v) is 12.4. The lowest BCUT2D eigenvalue weighted by atomic mass is 9.91. The molecule has 0 amide bonds. The van der Waals surface area contributed by atoms with Gasteiger partial charge in [0.25, 0.3) is 0 Å². The van der Waals surface area contributed by atoms with Gasteiger partial charge in [-0.1, -0.05) is 67.5 Å². The second-order valence-corrected chi connectivity index (χ2v) is 21.1. The van der Waals surface area contributed by atoms with Crippen molar-refractivity contribution in [3.05, 3.63) is 176 Å². The van der Waals surface area contributed by atoms with E-state index in [2.05, 4.69) is 230 Å². The van der Waals surface area contributed by atoms with Gasteiger partial charge < -0.3 is 14.2 Å². The molecule has 0 bridgehead atoms. The SMILES string of the molecule is Cc1cc(N(c2cc(C)c(C(C)C)c(C)c2)c2ccc3cc4c(cc3c2)oc2cc3cc(N(c5cc(C)c(C(C)C)c(C)c5)c5cc(C)c(C(C)C)c(C)c5)ccc3cc24)cc(C)c1C(C)C. The van der Waals surface area contributed by atoms with Crippen LogP contribution in [0.5, 0.6) is 0 Å². The Bertz CT molecular complexity index is 2970. The summed E-state index contributed by atoms with van der Waals surface area (Å²) < 4.78 is 6.85. The average Bonchev–Trinajstić information content (AvgIpc) is 3.56. The van der Waals surface area contributed by atoms with Crippen molar-refractivity contribution in [2.45, 2.75) is 134 Å². The minimum atomic E-state index is 0.459. The van der Waals surface area contributed by atoms with E-state index < -0.39 is 0 Å². The molecular formula is C64H70N2O. The number of furan rings is 1. The van der Waals surface area contributed by atoms with Crippen molar-refractivity contribution >= 4 is 77.6 Å². The quantitative estimate of drug-likeness (QED) is 0.136. The molecule has 0 aliphatic carbocycles. The number of aryl methyl sites for hydroxylation is 8. The zero-order valence-electron chi connectivity index (χ0n) is 43.0. The zero-order valence-corrected chi connectivity index (χ0v) is 43.0. The molecule has 67 heavy (non-hydrogen) atoms. The highest BCUT2D eigenvalue weighted by Crippen LogP contribution is 2.45. The fraction of sp³-hybridized carbons (Fsp3) is 0.312. The Labute approximate surface area is 400 Å². The van der Waals surface area contributed by atoms with Crippen LogP contribution in [0.15, 0.2) is 114 Å². The average molecular weight is 883 g/mol. The number of anilines is 6. The van der Waals surface area contributed by atoms with Crippen LogP contribution in [0.2, 0.25) is 0 Å². The van der Waals surface area contributed by atoms with E-state index in [0.717, 1.165) is 44.1 Å². The summed E-state index contributed by atoms with van der Waals surface area (Å²) in [5.74, 6) is 1.84. The minimum Gasteiger partial charge on any atom is -0.456 e. The van der Waals surface area contributed by atoms with Gasteiger partial charge in [0.05, 0.1) is 0 Å². The third-order valence-corrected chi connectivity index (χ3v) is 14.5. The first-order chi connectivity index (χ1) is 31.8. The summed E-state index contributed by atoms with van der Waals surface area (Å²) >= 11 is 0. The van der Waals surface area contributed by atoms with Gasteiger partial charge in [0.1, 0.15) is 11.2 Å². The molecule has 0 aliphatic heterocycles. The molecule has 1 aromatic heterocycles. The van der Waals surface area contributed by atoms with Crippen molar-refractivity contribution in [3.63, 3.8) is 0 Å². The monoisotopic (exact) mass is 883 g/mol. The normalized spacial score (nSPS) is 12.1. The number of nitrogens with zero attached hydrogens (tertiary/aromatic N) is 2. The molecule has 3 nitrogen and oxygen atoms in total. The molecule has 8 aromatic carbocycles. The van der Waals surface area contributed by atoms with Gasteiger partial charge in [0.2, 0.25) is 0 Å². The Morgan fingerprint density at radius 1 is 0.284 bits per heavy atom. The van der Waals surface area contributed by atoms with Crippen LogP contribution in [0.1, 0.15) is 146 Å². The standard InChI is InChI=1S/C64H70N2O/c1-35(2)61-39(9)21-53(22-40(61)10)65(54-23-41(11)62(36(3)4)42(12)24-54)51-19-17-47-31-57-58-32-48-18-20-52(30-50(48)34-60(58)67-59(57)33-49(47)29-51)66(55-25-43(13)63(37(5)6)44(14)26-55)56-27-45(15)64(38(7)8)46(16)28-56/h17-38H,1-16H3. The topological polar surface area (TPSA) is 19.6 Å². The summed E-state index contributed by atoms with van der Waals surface area (Å²) in [6, 6.07) is 42.0. The van der Waals surface area contributed by atoms with Crippen LogP contribution in [0.3, 0.4) is 0 Å². The molecule has 0 saturated heterocycles. The molecule has 0 saturated carbocycles. The van der Waals surface area contributed by atoms with E-state index >= 15 is 0 Å². The van der Waals surface area contributed by atoms with E-state index in [1.807, 2.05) is 0 Å². The van der Waals surface area contributed by atoms with Gasteiger partial charge in [-0.2, -0.15) is 0 Å². The summed E-state index contributed by atoms with van der Waals surface area (Å²) in [4.78, 5) is 4.90. The Kier molecular flexibility index (Phi) is 11.9. The second-order valence-electron chi connectivity index (χ2n) is 21.1. The van der Waals surface area contributed by atoms with Gasteiger partial charge in [-0.25, -0.2) is 0 Å². The van der Waals surface area contributed by atoms with Crippen LogP contribution in [-0.2, 0) is 0 Å². The van der Waals surface area contributed by atoms with Crippen LogP contribution in [0.25, 0.3) is 43.5 Å². The molecule has 0 spiro atoms. The van der Waals surface area contributed by atoms with Gasteiger partial charge in [-0.05, 0) is 264 Å². The van der Waals surface area contributed by atoms with Crippen molar-refractivity contribution < 1.29 is 4.42 Å². The Balaban J connectivity index is 1.17. The van der Waals surface area contributed by atoms with E-state index in [-0.39, 0.29) is 0 Å². The molecule has 9 aromatic rings. The van der Waals surface area contributed by atoms with Crippen LogP contribution in [0.4, 0.5) is 34.1 Å². The maximum Gasteiger partial charge on any atom is 0.136 e. The van der Waals surface area contributed by atoms with Gasteiger partial charge in [-0.3, -0.25) is 0 Å². The van der Waals surface area contributed by atoms with Crippen molar-refractivity contribution in [2.24, 2.45) is 0 Å². The third-order valence-electron chi connectivity index (χ3n) is 14.5. The van der Waals surface area contributed by atoms with E-state index in [4.69, 9.17) is 4.42 Å². The zero-order chi connectivity index (χ0) is 47.9. The number of benzene rings is 8. The number of rotatable bonds is 10. The smallest absolute Gasteiger partial charge is 0.136 e. The Morgan fingerprint density at radius 2 is 0.537 bits per heavy atom. The first kappa shape index (κ1) is 45.8. The first-order valence-electron chi connectivity index (χ1n) is 24.7. The van der Waals surface area contributed by atoms with Gasteiger partial charge in [-0.15, -0.1) is 0 Å². The van der Waals surface area contributed by atoms with Crippen LogP contribution in [0, 0.1) is 55.4 Å². The van der Waals surface area contributed by atoms with Crippen molar-refractivity contribution in [1.29, 1.82) is 0 Å². The number of hydrogen-bond donors (Lipinski definition) is 0. The van der Waals surface area contributed by atoms with Crippen molar-refractivity contribution in [2.75, 3.05) is 9.80 Å².